The van der Waals surface area contributed by atoms with E-state index in [2.05, 4.69) is 0 Å². The second-order valence-electron chi connectivity index (χ2n) is 5.43. The number of halogens is 3. The third kappa shape index (κ3) is 3.27. The Balaban J connectivity index is 1.74. The summed E-state index contributed by atoms with van der Waals surface area (Å²) in [4.78, 5) is 14.3. The van der Waals surface area contributed by atoms with Crippen molar-refractivity contribution in [1.82, 2.24) is 0 Å². The molecule has 120 valence electrons. The second kappa shape index (κ2) is 6.60. The first-order chi connectivity index (χ1) is 11.0. The quantitative estimate of drug-likeness (QED) is 0.711. The summed E-state index contributed by atoms with van der Waals surface area (Å²) in [7, 11) is 0. The third-order valence-corrected chi connectivity index (χ3v) is 4.82. The van der Waals surface area contributed by atoms with Gasteiger partial charge in [0, 0.05) is 17.8 Å². The standard InChI is InChI=1S/C17H14Cl3NO2/c1-10-6-11-4-2-3-5-15(11)21(10)17(22)9-23-16-8-13(19)12(18)7-14(16)20/h2-5,7-8,10H,6,9H2,1H3/t10-/m0/s1. The summed E-state index contributed by atoms with van der Waals surface area (Å²) in [5.74, 6) is 0.221. The molecule has 0 saturated heterocycles. The lowest BCUT2D eigenvalue weighted by Crippen LogP contribution is -2.39. The van der Waals surface area contributed by atoms with Crippen LogP contribution in [0.4, 0.5) is 5.69 Å². The Hall–Kier alpha value is -1.42. The highest BCUT2D eigenvalue weighted by molar-refractivity contribution is 6.43. The molecule has 1 amide bonds. The number of fused-ring (bicyclic) bond motifs is 1. The predicted molar refractivity (Wildman–Crippen MR) is 94.1 cm³/mol. The molecule has 6 heteroatoms. The minimum atomic E-state index is -0.121. The minimum absolute atomic E-state index is 0.104. The van der Waals surface area contributed by atoms with Gasteiger partial charge in [-0.05, 0) is 31.0 Å². The van der Waals surface area contributed by atoms with Crippen LogP contribution in [-0.2, 0) is 11.2 Å². The van der Waals surface area contributed by atoms with Gasteiger partial charge in [0.1, 0.15) is 5.75 Å². The van der Waals surface area contributed by atoms with E-state index in [4.69, 9.17) is 39.5 Å². The summed E-state index contributed by atoms with van der Waals surface area (Å²) in [5.41, 5.74) is 2.11. The van der Waals surface area contributed by atoms with Crippen LogP contribution >= 0.6 is 34.8 Å². The summed E-state index contributed by atoms with van der Waals surface area (Å²) in [6.45, 7) is 1.90. The maximum Gasteiger partial charge on any atom is 0.265 e. The lowest BCUT2D eigenvalue weighted by atomic mass is 10.1. The van der Waals surface area contributed by atoms with Crippen LogP contribution in [0, 0.1) is 0 Å². The molecule has 2 aromatic rings. The van der Waals surface area contributed by atoms with E-state index in [1.54, 1.807) is 4.90 Å². The number of ether oxygens (including phenoxy) is 1. The molecule has 1 heterocycles. The van der Waals surface area contributed by atoms with Gasteiger partial charge in [-0.15, -0.1) is 0 Å². The predicted octanol–water partition coefficient (Wildman–Crippen LogP) is 5.00. The number of para-hydroxylation sites is 1. The number of rotatable bonds is 3. The van der Waals surface area contributed by atoms with Gasteiger partial charge >= 0.3 is 0 Å². The largest absolute Gasteiger partial charge is 0.482 e. The van der Waals surface area contributed by atoms with Crippen molar-refractivity contribution in [3.05, 3.63) is 57.0 Å². The molecule has 1 atom stereocenters. The number of carbonyl (C=O) groups is 1. The highest BCUT2D eigenvalue weighted by Gasteiger charge is 2.30. The van der Waals surface area contributed by atoms with Crippen molar-refractivity contribution in [3.8, 4) is 5.75 Å². The average molecular weight is 371 g/mol. The van der Waals surface area contributed by atoms with E-state index in [1.165, 1.54) is 17.7 Å². The maximum absolute atomic E-state index is 12.6. The molecule has 0 aromatic heterocycles. The number of hydrogen-bond donors (Lipinski definition) is 0. The van der Waals surface area contributed by atoms with Crippen LogP contribution in [0.5, 0.6) is 5.75 Å². The lowest BCUT2D eigenvalue weighted by Gasteiger charge is -2.23. The Morgan fingerprint density at radius 3 is 2.65 bits per heavy atom. The molecule has 1 aliphatic heterocycles. The number of benzene rings is 2. The SMILES string of the molecule is C[C@H]1Cc2ccccc2N1C(=O)COc1cc(Cl)c(Cl)cc1Cl. The summed E-state index contributed by atoms with van der Waals surface area (Å²) in [6, 6.07) is 11.0. The zero-order valence-corrected chi connectivity index (χ0v) is 14.6. The van der Waals surface area contributed by atoms with Crippen molar-refractivity contribution in [2.45, 2.75) is 19.4 Å². The highest BCUT2D eigenvalue weighted by Crippen LogP contribution is 2.35. The first kappa shape index (κ1) is 16.4. The first-order valence-electron chi connectivity index (χ1n) is 7.14. The fourth-order valence-electron chi connectivity index (χ4n) is 2.77. The van der Waals surface area contributed by atoms with Crippen LogP contribution in [0.3, 0.4) is 0 Å². The zero-order valence-electron chi connectivity index (χ0n) is 12.4. The number of hydrogen-bond acceptors (Lipinski definition) is 2. The zero-order chi connectivity index (χ0) is 16.6. The Labute approximate surface area is 149 Å². The van der Waals surface area contributed by atoms with E-state index in [1.807, 2.05) is 31.2 Å². The molecule has 2 aromatic carbocycles. The van der Waals surface area contributed by atoms with Crippen LogP contribution in [0.1, 0.15) is 12.5 Å². The number of carbonyl (C=O) groups excluding carboxylic acids is 1. The average Bonchev–Trinajstić information content (AvgIpc) is 2.85. The normalized spacial score (nSPS) is 16.3. The second-order valence-corrected chi connectivity index (χ2v) is 6.65. The highest BCUT2D eigenvalue weighted by atomic mass is 35.5. The molecule has 1 aliphatic rings. The molecule has 0 bridgehead atoms. The first-order valence-corrected chi connectivity index (χ1v) is 8.28. The van der Waals surface area contributed by atoms with Crippen molar-refractivity contribution in [2.24, 2.45) is 0 Å². The lowest BCUT2D eigenvalue weighted by molar-refractivity contribution is -0.120. The van der Waals surface area contributed by atoms with Crippen molar-refractivity contribution in [3.63, 3.8) is 0 Å². The van der Waals surface area contributed by atoms with E-state index in [0.717, 1.165) is 12.1 Å². The van der Waals surface area contributed by atoms with E-state index in [9.17, 15) is 4.79 Å². The van der Waals surface area contributed by atoms with Gasteiger partial charge in [0.05, 0.1) is 15.1 Å². The summed E-state index contributed by atoms with van der Waals surface area (Å²) in [5, 5.41) is 0.998. The van der Waals surface area contributed by atoms with E-state index in [-0.39, 0.29) is 18.6 Å². The van der Waals surface area contributed by atoms with Gasteiger partial charge in [-0.1, -0.05) is 53.0 Å². The van der Waals surface area contributed by atoms with Crippen molar-refractivity contribution < 1.29 is 9.53 Å². The van der Waals surface area contributed by atoms with Crippen LogP contribution in [0.2, 0.25) is 15.1 Å². The van der Waals surface area contributed by atoms with E-state index >= 15 is 0 Å². The third-order valence-electron chi connectivity index (χ3n) is 3.80. The molecule has 3 nitrogen and oxygen atoms in total. The van der Waals surface area contributed by atoms with E-state index in [0.29, 0.717) is 20.8 Å². The minimum Gasteiger partial charge on any atom is -0.482 e. The number of nitrogens with zero attached hydrogens (tertiary/aromatic N) is 1. The number of anilines is 1. The summed E-state index contributed by atoms with van der Waals surface area (Å²) >= 11 is 17.9. The van der Waals surface area contributed by atoms with Gasteiger partial charge in [0.25, 0.3) is 5.91 Å². The summed E-state index contributed by atoms with van der Waals surface area (Å²) < 4.78 is 5.54. The van der Waals surface area contributed by atoms with Gasteiger partial charge in [-0.25, -0.2) is 0 Å². The molecular formula is C17H14Cl3NO2. The monoisotopic (exact) mass is 369 g/mol. The van der Waals surface area contributed by atoms with Crippen molar-refractivity contribution >= 4 is 46.4 Å². The van der Waals surface area contributed by atoms with Gasteiger partial charge in [0.2, 0.25) is 0 Å². The van der Waals surface area contributed by atoms with Gasteiger partial charge in [-0.2, -0.15) is 0 Å². The summed E-state index contributed by atoms with van der Waals surface area (Å²) in [6.07, 6.45) is 0.843. The van der Waals surface area contributed by atoms with Crippen LogP contribution in [-0.4, -0.2) is 18.6 Å². The van der Waals surface area contributed by atoms with Crippen LogP contribution in [0.15, 0.2) is 36.4 Å². The van der Waals surface area contributed by atoms with E-state index < -0.39 is 0 Å². The smallest absolute Gasteiger partial charge is 0.265 e. The molecule has 0 fully saturated rings. The molecule has 0 N–H and O–H groups in total. The van der Waals surface area contributed by atoms with Gasteiger partial charge < -0.3 is 9.64 Å². The maximum atomic E-state index is 12.6. The Morgan fingerprint density at radius 1 is 1.17 bits per heavy atom. The topological polar surface area (TPSA) is 29.5 Å². The molecule has 0 aliphatic carbocycles. The van der Waals surface area contributed by atoms with Crippen LogP contribution in [0.25, 0.3) is 0 Å². The molecule has 0 radical (unpaired) electrons. The fourth-order valence-corrected chi connectivity index (χ4v) is 3.36. The molecular weight excluding hydrogens is 357 g/mol. The number of amides is 1. The molecule has 0 saturated carbocycles. The van der Waals surface area contributed by atoms with Crippen LogP contribution < -0.4 is 9.64 Å². The Kier molecular flexibility index (Phi) is 4.72. The van der Waals surface area contributed by atoms with Gasteiger partial charge in [0.15, 0.2) is 6.61 Å². The van der Waals surface area contributed by atoms with Crippen molar-refractivity contribution in [2.75, 3.05) is 11.5 Å². The van der Waals surface area contributed by atoms with Crippen molar-refractivity contribution in [1.29, 1.82) is 0 Å². The Bertz CT molecular complexity index is 763. The molecule has 3 rings (SSSR count). The van der Waals surface area contributed by atoms with Gasteiger partial charge in [-0.3, -0.25) is 4.79 Å². The molecule has 23 heavy (non-hydrogen) atoms. The fraction of sp³-hybridized carbons (Fsp3) is 0.235. The Morgan fingerprint density at radius 2 is 1.87 bits per heavy atom. The molecule has 0 unspecified atom stereocenters. The molecule has 0 spiro atoms.